The quantitative estimate of drug-likeness (QED) is 0.689. The number of hydrogen-bond acceptors (Lipinski definition) is 2. The highest BCUT2D eigenvalue weighted by Crippen LogP contribution is 2.51. The van der Waals surface area contributed by atoms with Gasteiger partial charge in [-0.2, -0.15) is 0 Å². The molecule has 0 aromatic carbocycles. The van der Waals surface area contributed by atoms with E-state index in [0.717, 1.165) is 25.9 Å². The molecular weight excluding hydrogens is 176 g/mol. The maximum Gasteiger partial charge on any atom is 0.224 e. The van der Waals surface area contributed by atoms with Crippen LogP contribution in [0.5, 0.6) is 0 Å². The molecule has 1 saturated heterocycles. The van der Waals surface area contributed by atoms with E-state index in [1.54, 1.807) is 0 Å². The van der Waals surface area contributed by atoms with Crippen LogP contribution in [0.3, 0.4) is 0 Å². The summed E-state index contributed by atoms with van der Waals surface area (Å²) in [5, 5.41) is 6.45. The monoisotopic (exact) mass is 196 g/mol. The summed E-state index contributed by atoms with van der Waals surface area (Å²) in [4.78, 5) is 11.8. The molecular formula is C11H20N2O. The maximum atomic E-state index is 11.8. The molecule has 0 bridgehead atoms. The van der Waals surface area contributed by atoms with Crippen molar-refractivity contribution in [2.24, 2.45) is 11.3 Å². The van der Waals surface area contributed by atoms with E-state index in [-0.39, 0.29) is 22.8 Å². The zero-order valence-electron chi connectivity index (χ0n) is 9.31. The van der Waals surface area contributed by atoms with Gasteiger partial charge >= 0.3 is 0 Å². The first-order valence-corrected chi connectivity index (χ1v) is 5.46. The van der Waals surface area contributed by atoms with Crippen molar-refractivity contribution in [2.45, 2.75) is 39.2 Å². The van der Waals surface area contributed by atoms with Gasteiger partial charge in [-0.15, -0.1) is 0 Å². The number of carbonyl (C=O) groups excluding carboxylic acids is 1. The van der Waals surface area contributed by atoms with Gasteiger partial charge in [0.1, 0.15) is 0 Å². The Kier molecular flexibility index (Phi) is 2.11. The van der Waals surface area contributed by atoms with Crippen molar-refractivity contribution in [3.63, 3.8) is 0 Å². The molecule has 2 rings (SSSR count). The van der Waals surface area contributed by atoms with Gasteiger partial charge in [-0.05, 0) is 31.7 Å². The summed E-state index contributed by atoms with van der Waals surface area (Å²) in [5.41, 5.74) is 0.238. The summed E-state index contributed by atoms with van der Waals surface area (Å²) in [6, 6.07) is 0. The van der Waals surface area contributed by atoms with E-state index < -0.39 is 0 Å². The van der Waals surface area contributed by atoms with Crippen molar-refractivity contribution in [2.75, 3.05) is 13.1 Å². The zero-order valence-corrected chi connectivity index (χ0v) is 9.31. The SMILES string of the molecule is CC1(NC(=O)C2CC2(C)C)CCNC1. The normalized spacial score (nSPS) is 39.5. The highest BCUT2D eigenvalue weighted by Gasteiger charge is 2.51. The minimum absolute atomic E-state index is 0.00421. The molecule has 2 aliphatic rings. The molecule has 1 heterocycles. The number of nitrogens with one attached hydrogen (secondary N) is 2. The molecule has 3 heteroatoms. The number of amides is 1. The van der Waals surface area contributed by atoms with Crippen LogP contribution in [0.4, 0.5) is 0 Å². The van der Waals surface area contributed by atoms with Gasteiger partial charge in [-0.25, -0.2) is 0 Å². The van der Waals surface area contributed by atoms with Crippen molar-refractivity contribution in [3.8, 4) is 0 Å². The average Bonchev–Trinajstić information content (AvgIpc) is 2.51. The molecule has 0 aromatic heterocycles. The Morgan fingerprint density at radius 2 is 2.07 bits per heavy atom. The van der Waals surface area contributed by atoms with Crippen molar-refractivity contribution in [3.05, 3.63) is 0 Å². The predicted molar refractivity (Wildman–Crippen MR) is 55.9 cm³/mol. The van der Waals surface area contributed by atoms with E-state index in [2.05, 4.69) is 31.4 Å². The van der Waals surface area contributed by atoms with Crippen LogP contribution >= 0.6 is 0 Å². The van der Waals surface area contributed by atoms with Gasteiger partial charge in [0.15, 0.2) is 0 Å². The fraction of sp³-hybridized carbons (Fsp3) is 0.909. The van der Waals surface area contributed by atoms with Crippen LogP contribution < -0.4 is 10.6 Å². The van der Waals surface area contributed by atoms with Gasteiger partial charge in [0.2, 0.25) is 5.91 Å². The largest absolute Gasteiger partial charge is 0.349 e. The van der Waals surface area contributed by atoms with Crippen LogP contribution in [-0.2, 0) is 4.79 Å². The summed E-state index contributed by atoms with van der Waals surface area (Å²) in [6.07, 6.45) is 2.09. The second-order valence-corrected chi connectivity index (χ2v) is 5.72. The Labute approximate surface area is 85.6 Å². The van der Waals surface area contributed by atoms with Gasteiger partial charge in [-0.3, -0.25) is 4.79 Å². The van der Waals surface area contributed by atoms with Gasteiger partial charge in [0.25, 0.3) is 0 Å². The lowest BCUT2D eigenvalue weighted by Gasteiger charge is -2.24. The number of rotatable bonds is 2. The van der Waals surface area contributed by atoms with Crippen molar-refractivity contribution < 1.29 is 4.79 Å². The van der Waals surface area contributed by atoms with Crippen molar-refractivity contribution in [1.29, 1.82) is 0 Å². The standard InChI is InChI=1S/C11H20N2O/c1-10(2)6-8(10)9(14)13-11(3)4-5-12-7-11/h8,12H,4-7H2,1-3H3,(H,13,14). The average molecular weight is 196 g/mol. The van der Waals surface area contributed by atoms with E-state index in [4.69, 9.17) is 0 Å². The van der Waals surface area contributed by atoms with Gasteiger partial charge in [-0.1, -0.05) is 13.8 Å². The minimum atomic E-state index is -0.00421. The molecule has 2 unspecified atom stereocenters. The predicted octanol–water partition coefficient (Wildman–Crippen LogP) is 0.901. The summed E-state index contributed by atoms with van der Waals surface area (Å²) < 4.78 is 0. The highest BCUT2D eigenvalue weighted by atomic mass is 16.2. The van der Waals surface area contributed by atoms with E-state index in [1.165, 1.54) is 0 Å². The van der Waals surface area contributed by atoms with Crippen LogP contribution in [0.2, 0.25) is 0 Å². The lowest BCUT2D eigenvalue weighted by molar-refractivity contribution is -0.124. The zero-order chi connectivity index (χ0) is 10.4. The topological polar surface area (TPSA) is 41.1 Å². The second kappa shape index (κ2) is 2.96. The molecule has 80 valence electrons. The Hall–Kier alpha value is -0.570. The molecule has 1 amide bonds. The Balaban J connectivity index is 1.89. The number of hydrogen-bond donors (Lipinski definition) is 2. The highest BCUT2D eigenvalue weighted by molar-refractivity contribution is 5.83. The second-order valence-electron chi connectivity index (χ2n) is 5.72. The third-order valence-corrected chi connectivity index (χ3v) is 3.62. The molecule has 0 radical (unpaired) electrons. The Bertz CT molecular complexity index is 254. The van der Waals surface area contributed by atoms with E-state index >= 15 is 0 Å². The molecule has 14 heavy (non-hydrogen) atoms. The molecule has 1 aliphatic carbocycles. The smallest absolute Gasteiger partial charge is 0.224 e. The van der Waals surface area contributed by atoms with Crippen LogP contribution in [0.15, 0.2) is 0 Å². The summed E-state index contributed by atoms with van der Waals surface area (Å²) in [6.45, 7) is 8.37. The van der Waals surface area contributed by atoms with Gasteiger partial charge in [0, 0.05) is 12.5 Å². The van der Waals surface area contributed by atoms with Gasteiger partial charge < -0.3 is 10.6 Å². The molecule has 1 saturated carbocycles. The first-order valence-electron chi connectivity index (χ1n) is 5.46. The Morgan fingerprint density at radius 3 is 2.50 bits per heavy atom. The Morgan fingerprint density at radius 1 is 1.43 bits per heavy atom. The van der Waals surface area contributed by atoms with Crippen LogP contribution in [-0.4, -0.2) is 24.5 Å². The van der Waals surface area contributed by atoms with Crippen LogP contribution in [0.25, 0.3) is 0 Å². The molecule has 3 nitrogen and oxygen atoms in total. The lowest BCUT2D eigenvalue weighted by Crippen LogP contribution is -2.48. The van der Waals surface area contributed by atoms with Crippen LogP contribution in [0, 0.1) is 11.3 Å². The van der Waals surface area contributed by atoms with Crippen LogP contribution in [0.1, 0.15) is 33.6 Å². The molecule has 2 N–H and O–H groups in total. The van der Waals surface area contributed by atoms with Crippen molar-refractivity contribution in [1.82, 2.24) is 10.6 Å². The molecule has 0 spiro atoms. The first kappa shape index (κ1) is 9.97. The van der Waals surface area contributed by atoms with E-state index in [9.17, 15) is 4.79 Å². The fourth-order valence-corrected chi connectivity index (χ4v) is 2.22. The summed E-state index contributed by atoms with van der Waals surface area (Å²) >= 11 is 0. The summed E-state index contributed by atoms with van der Waals surface area (Å²) in [7, 11) is 0. The fourth-order valence-electron chi connectivity index (χ4n) is 2.22. The maximum absolute atomic E-state index is 11.8. The summed E-state index contributed by atoms with van der Waals surface area (Å²) in [5.74, 6) is 0.501. The molecule has 1 aliphatic heterocycles. The van der Waals surface area contributed by atoms with Gasteiger partial charge in [0.05, 0.1) is 5.54 Å². The van der Waals surface area contributed by atoms with E-state index in [0.29, 0.717) is 0 Å². The third kappa shape index (κ3) is 1.78. The minimum Gasteiger partial charge on any atom is -0.349 e. The number of carbonyl (C=O) groups is 1. The molecule has 0 aromatic rings. The van der Waals surface area contributed by atoms with E-state index in [1.807, 2.05) is 0 Å². The molecule has 2 fully saturated rings. The van der Waals surface area contributed by atoms with Crippen molar-refractivity contribution >= 4 is 5.91 Å². The molecule has 2 atom stereocenters. The third-order valence-electron chi connectivity index (χ3n) is 3.62. The lowest BCUT2D eigenvalue weighted by atomic mass is 10.0. The first-order chi connectivity index (χ1) is 6.43.